The van der Waals surface area contributed by atoms with Crippen LogP contribution >= 0.6 is 0 Å². The summed E-state index contributed by atoms with van der Waals surface area (Å²) in [5, 5.41) is 43.1. The second kappa shape index (κ2) is 16.7. The highest BCUT2D eigenvalue weighted by molar-refractivity contribution is 5.98. The van der Waals surface area contributed by atoms with Crippen LogP contribution in [0.1, 0.15) is 84.8 Å². The minimum Gasteiger partial charge on any atom is -0.507 e. The standard InChI is InChI=1S/C35H39N5O11/c1-21-6-5-9-25(41)8-4-2-3-7-23-14-27(42)33(34(45)32(23)35(46)51-21)26(22-10-11-28-29(15-22)50-20-49-28)16-30(43)36-12-13-37-31(44)19-39-18-24(17-38-39)40(47)48/h3,7,10-11,14-15,17-18,21,26,42,45H,2,4-6,8-9,12-13,16,19-20H2,1H3,(H,36,43)(H,37,44)/t21-,26?/m0/s1. The summed E-state index contributed by atoms with van der Waals surface area (Å²) >= 11 is 0. The van der Waals surface area contributed by atoms with E-state index in [9.17, 15) is 39.5 Å². The number of rotatable bonds is 10. The number of amides is 2. The quantitative estimate of drug-likeness (QED) is 0.102. The molecule has 0 bridgehead atoms. The Morgan fingerprint density at radius 1 is 1.08 bits per heavy atom. The van der Waals surface area contributed by atoms with Gasteiger partial charge in [0.05, 0.1) is 11.0 Å². The summed E-state index contributed by atoms with van der Waals surface area (Å²) in [5.74, 6) is -2.68. The van der Waals surface area contributed by atoms with Crippen LogP contribution in [0.3, 0.4) is 0 Å². The molecule has 0 spiro atoms. The highest BCUT2D eigenvalue weighted by atomic mass is 16.7. The Morgan fingerprint density at radius 2 is 1.82 bits per heavy atom. The number of aromatic hydroxyl groups is 2. The number of carbonyl (C=O) groups is 4. The Bertz CT molecular complexity index is 1840. The summed E-state index contributed by atoms with van der Waals surface area (Å²) < 4.78 is 17.8. The van der Waals surface area contributed by atoms with E-state index >= 15 is 0 Å². The minimum atomic E-state index is -0.983. The lowest BCUT2D eigenvalue weighted by Gasteiger charge is -2.23. The number of carbonyl (C=O) groups excluding carboxylic acids is 4. The van der Waals surface area contributed by atoms with Crippen molar-refractivity contribution in [1.29, 1.82) is 0 Å². The molecule has 0 radical (unpaired) electrons. The fraction of sp³-hybridized carbons (Fsp3) is 0.400. The Morgan fingerprint density at radius 3 is 2.59 bits per heavy atom. The first-order valence-corrected chi connectivity index (χ1v) is 16.6. The molecule has 2 aromatic carbocycles. The lowest BCUT2D eigenvalue weighted by atomic mass is 9.84. The van der Waals surface area contributed by atoms with E-state index < -0.39 is 40.5 Å². The molecule has 2 atom stereocenters. The van der Waals surface area contributed by atoms with E-state index in [0.29, 0.717) is 55.6 Å². The number of fused-ring (bicyclic) bond motifs is 2. The topological polar surface area (TPSA) is 221 Å². The maximum atomic E-state index is 13.6. The van der Waals surface area contributed by atoms with Crippen LogP contribution in [0.25, 0.3) is 6.08 Å². The monoisotopic (exact) mass is 705 g/mol. The van der Waals surface area contributed by atoms with Gasteiger partial charge in [-0.15, -0.1) is 0 Å². The maximum absolute atomic E-state index is 13.6. The number of benzene rings is 2. The molecule has 0 saturated carbocycles. The van der Waals surface area contributed by atoms with Gasteiger partial charge in [0.1, 0.15) is 41.8 Å². The summed E-state index contributed by atoms with van der Waals surface area (Å²) in [6, 6.07) is 6.28. The maximum Gasteiger partial charge on any atom is 0.342 e. The van der Waals surface area contributed by atoms with Crippen LogP contribution in [-0.2, 0) is 25.7 Å². The highest BCUT2D eigenvalue weighted by Gasteiger charge is 2.32. The number of hydrogen-bond donors (Lipinski definition) is 4. The second-order valence-corrected chi connectivity index (χ2v) is 12.3. The van der Waals surface area contributed by atoms with E-state index in [1.54, 1.807) is 37.3 Å². The predicted octanol–water partition coefficient (Wildman–Crippen LogP) is 3.87. The van der Waals surface area contributed by atoms with Gasteiger partial charge < -0.3 is 35.1 Å². The number of phenols is 2. The van der Waals surface area contributed by atoms with Gasteiger partial charge in [0.2, 0.25) is 18.6 Å². The zero-order valence-corrected chi connectivity index (χ0v) is 28.0. The third kappa shape index (κ3) is 9.40. The molecule has 1 unspecified atom stereocenters. The average molecular weight is 706 g/mol. The van der Waals surface area contributed by atoms with Gasteiger partial charge in [-0.3, -0.25) is 29.2 Å². The molecule has 0 aliphatic carbocycles. The fourth-order valence-electron chi connectivity index (χ4n) is 5.93. The van der Waals surface area contributed by atoms with Crippen molar-refractivity contribution in [3.05, 3.63) is 75.1 Å². The molecule has 16 heteroatoms. The van der Waals surface area contributed by atoms with Crippen molar-refractivity contribution in [3.63, 3.8) is 0 Å². The number of nitrogens with one attached hydrogen (secondary N) is 2. The van der Waals surface area contributed by atoms with E-state index in [0.717, 1.165) is 17.1 Å². The van der Waals surface area contributed by atoms with Crippen molar-refractivity contribution in [3.8, 4) is 23.0 Å². The molecule has 5 rings (SSSR count). The van der Waals surface area contributed by atoms with Gasteiger partial charge in [0.25, 0.3) is 0 Å². The molecule has 51 heavy (non-hydrogen) atoms. The van der Waals surface area contributed by atoms with E-state index in [4.69, 9.17) is 14.2 Å². The van der Waals surface area contributed by atoms with Crippen molar-refractivity contribution < 1.29 is 48.5 Å². The molecular formula is C35H39N5O11. The molecular weight excluding hydrogens is 666 g/mol. The van der Waals surface area contributed by atoms with Gasteiger partial charge in [-0.05, 0) is 61.9 Å². The van der Waals surface area contributed by atoms with Gasteiger partial charge >= 0.3 is 11.7 Å². The normalized spacial score (nSPS) is 16.8. The molecule has 3 aromatic rings. The first-order chi connectivity index (χ1) is 24.5. The number of phenolic OH excluding ortho intramolecular Hbond substituents is 2. The predicted molar refractivity (Wildman–Crippen MR) is 180 cm³/mol. The van der Waals surface area contributed by atoms with Gasteiger partial charge in [-0.1, -0.05) is 18.2 Å². The Balaban J connectivity index is 1.37. The molecule has 1 aromatic heterocycles. The number of nitrogens with zero attached hydrogens (tertiary/aromatic N) is 3. The van der Waals surface area contributed by atoms with Crippen LogP contribution in [0.15, 0.2) is 42.7 Å². The SMILES string of the molecule is C[C@H]1CCCC(=O)CCCC=Cc2cc(O)c(C(CC(=O)NCCNC(=O)Cn3cc([N+](=O)[O-])cn3)c3ccc4c(c3)OCO4)c(O)c2C(=O)O1. The number of cyclic esters (lactones) is 1. The first-order valence-electron chi connectivity index (χ1n) is 16.6. The molecule has 4 N–H and O–H groups in total. The Kier molecular flexibility index (Phi) is 11.9. The third-order valence-corrected chi connectivity index (χ3v) is 8.49. The summed E-state index contributed by atoms with van der Waals surface area (Å²) in [6.45, 7) is 1.48. The van der Waals surface area contributed by atoms with Crippen LogP contribution in [0, 0.1) is 10.1 Å². The highest BCUT2D eigenvalue weighted by Crippen LogP contribution is 2.46. The van der Waals surface area contributed by atoms with E-state index in [2.05, 4.69) is 15.7 Å². The Hall–Kier alpha value is -5.93. The average Bonchev–Trinajstić information content (AvgIpc) is 3.75. The van der Waals surface area contributed by atoms with Gasteiger partial charge in [0.15, 0.2) is 11.5 Å². The zero-order valence-electron chi connectivity index (χ0n) is 28.0. The number of nitro groups is 1. The van der Waals surface area contributed by atoms with Crippen molar-refractivity contribution in [2.45, 2.75) is 70.4 Å². The van der Waals surface area contributed by atoms with Crippen molar-refractivity contribution >= 4 is 35.3 Å². The number of ketones is 1. The smallest absolute Gasteiger partial charge is 0.342 e. The molecule has 2 amide bonds. The number of hydrogen-bond acceptors (Lipinski definition) is 12. The molecule has 3 heterocycles. The molecule has 2 aliphatic heterocycles. The van der Waals surface area contributed by atoms with Gasteiger partial charge in [-0.25, -0.2) is 4.79 Å². The summed E-state index contributed by atoms with van der Waals surface area (Å²) in [7, 11) is 0. The summed E-state index contributed by atoms with van der Waals surface area (Å²) in [6.07, 6.45) is 7.59. The van der Waals surface area contributed by atoms with Crippen molar-refractivity contribution in [2.75, 3.05) is 19.9 Å². The summed E-state index contributed by atoms with van der Waals surface area (Å²) in [5.41, 5.74) is 0.191. The number of aromatic nitrogens is 2. The number of allylic oxidation sites excluding steroid dienone is 1. The van der Waals surface area contributed by atoms with Gasteiger partial charge in [-0.2, -0.15) is 5.10 Å². The fourth-order valence-corrected chi connectivity index (χ4v) is 5.93. The minimum absolute atomic E-state index is 0.00713. The van der Waals surface area contributed by atoms with E-state index in [1.807, 2.05) is 0 Å². The molecule has 16 nitrogen and oxygen atoms in total. The summed E-state index contributed by atoms with van der Waals surface area (Å²) in [4.78, 5) is 61.6. The lowest BCUT2D eigenvalue weighted by molar-refractivity contribution is -0.385. The van der Waals surface area contributed by atoms with Crippen LogP contribution in [-0.4, -0.2) is 74.5 Å². The number of esters is 1. The number of ether oxygens (including phenoxy) is 3. The van der Waals surface area contributed by atoms with Crippen molar-refractivity contribution in [2.24, 2.45) is 0 Å². The van der Waals surface area contributed by atoms with E-state index in [-0.39, 0.29) is 66.8 Å². The lowest BCUT2D eigenvalue weighted by Crippen LogP contribution is -2.36. The molecule has 2 aliphatic rings. The van der Waals surface area contributed by atoms with Crippen LogP contribution in [0.2, 0.25) is 0 Å². The van der Waals surface area contributed by atoms with Crippen LogP contribution in [0.5, 0.6) is 23.0 Å². The van der Waals surface area contributed by atoms with Crippen molar-refractivity contribution in [1.82, 2.24) is 20.4 Å². The number of Topliss-reactive ketones (excluding diaryl/α,β-unsaturated/α-hetero) is 1. The third-order valence-electron chi connectivity index (χ3n) is 8.49. The Labute approximate surface area is 292 Å². The molecule has 0 fully saturated rings. The second-order valence-electron chi connectivity index (χ2n) is 12.3. The van der Waals surface area contributed by atoms with Crippen LogP contribution in [0.4, 0.5) is 5.69 Å². The molecule has 270 valence electrons. The first kappa shape index (κ1) is 36.4. The largest absolute Gasteiger partial charge is 0.507 e. The molecule has 0 saturated heterocycles. The van der Waals surface area contributed by atoms with E-state index in [1.165, 1.54) is 6.07 Å². The van der Waals surface area contributed by atoms with Crippen LogP contribution < -0.4 is 20.1 Å². The zero-order chi connectivity index (χ0) is 36.5. The van der Waals surface area contributed by atoms with Gasteiger partial charge in [0, 0.05) is 43.8 Å².